The summed E-state index contributed by atoms with van der Waals surface area (Å²) in [6.07, 6.45) is 0. The van der Waals surface area contributed by atoms with Gasteiger partial charge < -0.3 is 10.6 Å². The number of benzene rings is 1. The van der Waals surface area contributed by atoms with E-state index in [2.05, 4.69) is 26.6 Å². The Morgan fingerprint density at radius 1 is 1.17 bits per heavy atom. The van der Waals surface area contributed by atoms with Gasteiger partial charge in [0, 0.05) is 18.3 Å². The Bertz CT molecular complexity index is 429. The third-order valence-electron chi connectivity index (χ3n) is 2.48. The fraction of sp³-hybridized carbons (Fsp3) is 0.385. The lowest BCUT2D eigenvalue weighted by molar-refractivity contribution is -0.116. The normalized spacial score (nSPS) is 12.1. The molecular weight excluding hydrogens is 296 g/mol. The van der Waals surface area contributed by atoms with Gasteiger partial charge in [0.05, 0.1) is 4.83 Å². The molecule has 0 aliphatic rings. The van der Waals surface area contributed by atoms with Crippen LogP contribution in [0.2, 0.25) is 0 Å². The van der Waals surface area contributed by atoms with Crippen LogP contribution in [0.1, 0.15) is 24.2 Å². The molecule has 0 aromatic heterocycles. The molecule has 0 heterocycles. The van der Waals surface area contributed by atoms with E-state index in [-0.39, 0.29) is 22.6 Å². The molecule has 0 bridgehead atoms. The minimum absolute atomic E-state index is 0.0855. The highest BCUT2D eigenvalue weighted by molar-refractivity contribution is 9.10. The number of rotatable bonds is 4. The first-order valence-corrected chi connectivity index (χ1v) is 6.64. The van der Waals surface area contributed by atoms with E-state index in [0.29, 0.717) is 11.3 Å². The number of hydrogen-bond donors (Lipinski definition) is 2. The van der Waals surface area contributed by atoms with E-state index in [1.54, 1.807) is 31.3 Å². The SMILES string of the molecule is CNC(=O)c1ccc(NC(=O)C(Br)C(C)C)cc1. The van der Waals surface area contributed by atoms with E-state index in [4.69, 9.17) is 0 Å². The molecule has 5 heteroatoms. The number of carbonyl (C=O) groups excluding carboxylic acids is 2. The topological polar surface area (TPSA) is 58.2 Å². The summed E-state index contributed by atoms with van der Waals surface area (Å²) in [6, 6.07) is 6.77. The maximum absolute atomic E-state index is 11.8. The van der Waals surface area contributed by atoms with E-state index in [0.717, 1.165) is 0 Å². The van der Waals surface area contributed by atoms with Crippen molar-refractivity contribution in [3.05, 3.63) is 29.8 Å². The van der Waals surface area contributed by atoms with Crippen LogP contribution in [0.25, 0.3) is 0 Å². The van der Waals surface area contributed by atoms with Gasteiger partial charge in [0.15, 0.2) is 0 Å². The lowest BCUT2D eigenvalue weighted by Gasteiger charge is -2.13. The highest BCUT2D eigenvalue weighted by Gasteiger charge is 2.18. The number of anilines is 1. The van der Waals surface area contributed by atoms with Gasteiger partial charge in [0.25, 0.3) is 5.91 Å². The fourth-order valence-corrected chi connectivity index (χ4v) is 1.48. The van der Waals surface area contributed by atoms with Crippen molar-refractivity contribution in [2.75, 3.05) is 12.4 Å². The monoisotopic (exact) mass is 312 g/mol. The Morgan fingerprint density at radius 3 is 2.17 bits per heavy atom. The second-order valence-electron chi connectivity index (χ2n) is 4.29. The highest BCUT2D eigenvalue weighted by Crippen LogP contribution is 2.16. The maximum Gasteiger partial charge on any atom is 0.251 e. The molecule has 0 radical (unpaired) electrons. The average molecular weight is 313 g/mol. The van der Waals surface area contributed by atoms with Gasteiger partial charge in [0.2, 0.25) is 5.91 Å². The first-order valence-electron chi connectivity index (χ1n) is 5.72. The number of amides is 2. The van der Waals surface area contributed by atoms with Crippen molar-refractivity contribution >= 4 is 33.4 Å². The predicted molar refractivity (Wildman–Crippen MR) is 76.0 cm³/mol. The summed E-state index contributed by atoms with van der Waals surface area (Å²) < 4.78 is 0. The molecule has 4 nitrogen and oxygen atoms in total. The van der Waals surface area contributed by atoms with Crippen LogP contribution >= 0.6 is 15.9 Å². The molecule has 0 spiro atoms. The smallest absolute Gasteiger partial charge is 0.251 e. The van der Waals surface area contributed by atoms with Gasteiger partial charge in [-0.15, -0.1) is 0 Å². The van der Waals surface area contributed by atoms with Crippen LogP contribution in [-0.2, 0) is 4.79 Å². The standard InChI is InChI=1S/C13H17BrN2O2/c1-8(2)11(14)13(18)16-10-6-4-9(5-7-10)12(17)15-3/h4-8,11H,1-3H3,(H,15,17)(H,16,18). The number of halogens is 1. The molecule has 0 aliphatic heterocycles. The van der Waals surface area contributed by atoms with Crippen molar-refractivity contribution in [2.24, 2.45) is 5.92 Å². The zero-order valence-corrected chi connectivity index (χ0v) is 12.2. The van der Waals surface area contributed by atoms with Gasteiger partial charge in [-0.3, -0.25) is 9.59 Å². The lowest BCUT2D eigenvalue weighted by atomic mass is 10.1. The number of hydrogen-bond acceptors (Lipinski definition) is 2. The molecule has 18 heavy (non-hydrogen) atoms. The van der Waals surface area contributed by atoms with Crippen LogP contribution in [0, 0.1) is 5.92 Å². The van der Waals surface area contributed by atoms with Gasteiger partial charge in [-0.05, 0) is 30.2 Å². The minimum Gasteiger partial charge on any atom is -0.355 e. The van der Waals surface area contributed by atoms with E-state index in [1.165, 1.54) is 0 Å². The highest BCUT2D eigenvalue weighted by atomic mass is 79.9. The Balaban J connectivity index is 2.69. The van der Waals surface area contributed by atoms with Crippen molar-refractivity contribution in [3.8, 4) is 0 Å². The third-order valence-corrected chi connectivity index (χ3v) is 3.95. The molecule has 0 saturated carbocycles. The summed E-state index contributed by atoms with van der Waals surface area (Å²) in [6.45, 7) is 3.93. The van der Waals surface area contributed by atoms with Gasteiger partial charge in [0.1, 0.15) is 0 Å². The average Bonchev–Trinajstić information content (AvgIpc) is 2.37. The van der Waals surface area contributed by atoms with Crippen LogP contribution in [0.3, 0.4) is 0 Å². The number of nitrogens with one attached hydrogen (secondary N) is 2. The molecular formula is C13H17BrN2O2. The number of alkyl halides is 1. The molecule has 1 aromatic carbocycles. The molecule has 1 unspecified atom stereocenters. The molecule has 1 aromatic rings. The summed E-state index contributed by atoms with van der Waals surface area (Å²) in [7, 11) is 1.58. The Labute approximate surface area is 115 Å². The molecule has 0 fully saturated rings. The van der Waals surface area contributed by atoms with Crippen molar-refractivity contribution in [2.45, 2.75) is 18.7 Å². The summed E-state index contributed by atoms with van der Waals surface area (Å²) in [5, 5.41) is 5.33. The second-order valence-corrected chi connectivity index (χ2v) is 5.28. The molecule has 98 valence electrons. The minimum atomic E-state index is -0.226. The lowest BCUT2D eigenvalue weighted by Crippen LogP contribution is -2.27. The van der Waals surface area contributed by atoms with E-state index in [9.17, 15) is 9.59 Å². The Kier molecular flexibility index (Phi) is 5.34. The van der Waals surface area contributed by atoms with Crippen LogP contribution < -0.4 is 10.6 Å². The molecule has 1 rings (SSSR count). The van der Waals surface area contributed by atoms with Gasteiger partial charge in [-0.2, -0.15) is 0 Å². The molecule has 1 atom stereocenters. The molecule has 0 saturated heterocycles. The first-order chi connectivity index (χ1) is 8.45. The first kappa shape index (κ1) is 14.7. The summed E-state index contributed by atoms with van der Waals surface area (Å²) in [4.78, 5) is 22.9. The fourth-order valence-electron chi connectivity index (χ4n) is 1.36. The predicted octanol–water partition coefficient (Wildman–Crippen LogP) is 2.40. The molecule has 2 amide bonds. The van der Waals surface area contributed by atoms with Gasteiger partial charge in [-0.25, -0.2) is 0 Å². The largest absolute Gasteiger partial charge is 0.355 e. The van der Waals surface area contributed by atoms with Crippen molar-refractivity contribution in [1.82, 2.24) is 5.32 Å². The maximum atomic E-state index is 11.8. The van der Waals surface area contributed by atoms with Crippen LogP contribution in [-0.4, -0.2) is 23.7 Å². The third kappa shape index (κ3) is 3.84. The van der Waals surface area contributed by atoms with Crippen LogP contribution in [0.4, 0.5) is 5.69 Å². The Morgan fingerprint density at radius 2 is 1.72 bits per heavy atom. The zero-order chi connectivity index (χ0) is 13.7. The molecule has 0 aliphatic carbocycles. The van der Waals surface area contributed by atoms with Crippen LogP contribution in [0.5, 0.6) is 0 Å². The van der Waals surface area contributed by atoms with Crippen molar-refractivity contribution in [3.63, 3.8) is 0 Å². The summed E-state index contributed by atoms with van der Waals surface area (Å²) in [5.74, 6) is -0.0127. The van der Waals surface area contributed by atoms with E-state index >= 15 is 0 Å². The second kappa shape index (κ2) is 6.54. The van der Waals surface area contributed by atoms with Crippen molar-refractivity contribution < 1.29 is 9.59 Å². The summed E-state index contributed by atoms with van der Waals surface area (Å²) >= 11 is 3.34. The summed E-state index contributed by atoms with van der Waals surface area (Å²) in [5.41, 5.74) is 1.24. The van der Waals surface area contributed by atoms with E-state index < -0.39 is 0 Å². The van der Waals surface area contributed by atoms with E-state index in [1.807, 2.05) is 13.8 Å². The number of carbonyl (C=O) groups is 2. The van der Waals surface area contributed by atoms with Gasteiger partial charge >= 0.3 is 0 Å². The zero-order valence-electron chi connectivity index (χ0n) is 10.7. The van der Waals surface area contributed by atoms with Crippen molar-refractivity contribution in [1.29, 1.82) is 0 Å². The van der Waals surface area contributed by atoms with Crippen LogP contribution in [0.15, 0.2) is 24.3 Å². The quantitative estimate of drug-likeness (QED) is 0.839. The van der Waals surface area contributed by atoms with Gasteiger partial charge in [-0.1, -0.05) is 29.8 Å². The Hall–Kier alpha value is -1.36. The molecule has 2 N–H and O–H groups in total.